The van der Waals surface area contributed by atoms with Gasteiger partial charge in [0, 0.05) is 30.2 Å². The largest absolute Gasteiger partial charge is 0.392 e. The highest BCUT2D eigenvalue weighted by atomic mass is 16.3. The molecule has 0 aliphatic heterocycles. The monoisotopic (exact) mass is 258 g/mol. The minimum atomic E-state index is -0.0359. The number of anilines is 1. The van der Waals surface area contributed by atoms with E-state index in [0.717, 1.165) is 17.9 Å². The molecule has 0 unspecified atom stereocenters. The fourth-order valence-corrected chi connectivity index (χ4v) is 1.80. The summed E-state index contributed by atoms with van der Waals surface area (Å²) in [6.45, 7) is 5.47. The molecule has 1 N–H and O–H groups in total. The van der Waals surface area contributed by atoms with Gasteiger partial charge in [0.1, 0.15) is 0 Å². The van der Waals surface area contributed by atoms with E-state index < -0.39 is 0 Å². The predicted molar refractivity (Wildman–Crippen MR) is 73.7 cm³/mol. The lowest BCUT2D eigenvalue weighted by molar-refractivity contribution is 0.281. The molecule has 0 spiro atoms. The topological polar surface area (TPSA) is 62.1 Å². The van der Waals surface area contributed by atoms with Crippen molar-refractivity contribution in [1.29, 1.82) is 0 Å². The van der Waals surface area contributed by atoms with E-state index in [1.807, 2.05) is 30.0 Å². The Balaban J connectivity index is 2.15. The lowest BCUT2D eigenvalue weighted by Gasteiger charge is -2.20. The number of aromatic nitrogens is 3. The highest BCUT2D eigenvalue weighted by Gasteiger charge is 2.09. The number of aryl methyl sites for hydroxylation is 1. The Bertz CT molecular complexity index is 527. The first-order chi connectivity index (χ1) is 9.22. The molecule has 19 heavy (non-hydrogen) atoms. The number of aliphatic hydroxyl groups is 1. The molecular formula is C14H18N4O. The molecule has 0 aliphatic rings. The highest BCUT2D eigenvalue weighted by molar-refractivity contribution is 5.31. The minimum Gasteiger partial charge on any atom is -0.392 e. The number of aliphatic hydroxyl groups excluding tert-OH is 1. The minimum absolute atomic E-state index is 0.0359. The van der Waals surface area contributed by atoms with Gasteiger partial charge in [0.2, 0.25) is 5.95 Å². The van der Waals surface area contributed by atoms with Gasteiger partial charge in [-0.1, -0.05) is 6.07 Å². The average molecular weight is 258 g/mol. The van der Waals surface area contributed by atoms with Crippen LogP contribution >= 0.6 is 0 Å². The standard InChI is InChI=1S/C14H18N4O/c1-3-18(9-13-6-4-5-11(2)17-13)14-15-7-12(10-19)8-16-14/h4-8,19H,3,9-10H2,1-2H3. The first kappa shape index (κ1) is 13.4. The maximum atomic E-state index is 8.99. The van der Waals surface area contributed by atoms with Crippen molar-refractivity contribution in [2.75, 3.05) is 11.4 Å². The van der Waals surface area contributed by atoms with Crippen LogP contribution in [0.2, 0.25) is 0 Å². The van der Waals surface area contributed by atoms with Gasteiger partial charge < -0.3 is 10.0 Å². The van der Waals surface area contributed by atoms with Gasteiger partial charge >= 0.3 is 0 Å². The van der Waals surface area contributed by atoms with Crippen LogP contribution in [0.5, 0.6) is 0 Å². The van der Waals surface area contributed by atoms with E-state index in [0.29, 0.717) is 18.1 Å². The summed E-state index contributed by atoms with van der Waals surface area (Å²) in [5, 5.41) is 8.99. The normalized spacial score (nSPS) is 10.5. The van der Waals surface area contributed by atoms with Crippen LogP contribution in [0, 0.1) is 6.92 Å². The molecule has 2 aromatic rings. The lowest BCUT2D eigenvalue weighted by Crippen LogP contribution is -2.24. The summed E-state index contributed by atoms with van der Waals surface area (Å²) >= 11 is 0. The molecule has 5 nitrogen and oxygen atoms in total. The van der Waals surface area contributed by atoms with Crippen molar-refractivity contribution in [2.24, 2.45) is 0 Å². The number of rotatable bonds is 5. The third-order valence-corrected chi connectivity index (χ3v) is 2.84. The van der Waals surface area contributed by atoms with Gasteiger partial charge in [0.15, 0.2) is 0 Å². The van der Waals surface area contributed by atoms with E-state index in [1.165, 1.54) is 0 Å². The molecular weight excluding hydrogens is 240 g/mol. The first-order valence-corrected chi connectivity index (χ1v) is 6.32. The van der Waals surface area contributed by atoms with Gasteiger partial charge in [-0.15, -0.1) is 0 Å². The number of hydrogen-bond acceptors (Lipinski definition) is 5. The van der Waals surface area contributed by atoms with Crippen LogP contribution in [0.1, 0.15) is 23.9 Å². The van der Waals surface area contributed by atoms with E-state index >= 15 is 0 Å². The molecule has 0 fully saturated rings. The van der Waals surface area contributed by atoms with Crippen molar-refractivity contribution in [3.05, 3.63) is 47.5 Å². The summed E-state index contributed by atoms with van der Waals surface area (Å²) in [4.78, 5) is 15.1. The molecule has 0 aliphatic carbocycles. The maximum absolute atomic E-state index is 8.99. The van der Waals surface area contributed by atoms with E-state index in [2.05, 4.69) is 21.9 Å². The zero-order chi connectivity index (χ0) is 13.7. The smallest absolute Gasteiger partial charge is 0.225 e. The number of pyridine rings is 1. The summed E-state index contributed by atoms with van der Waals surface area (Å²) in [5.41, 5.74) is 2.72. The molecule has 0 aromatic carbocycles. The molecule has 0 amide bonds. The third-order valence-electron chi connectivity index (χ3n) is 2.84. The second-order valence-corrected chi connectivity index (χ2v) is 4.33. The Morgan fingerprint density at radius 3 is 2.53 bits per heavy atom. The van der Waals surface area contributed by atoms with Gasteiger partial charge in [-0.3, -0.25) is 4.98 Å². The molecule has 2 heterocycles. The quantitative estimate of drug-likeness (QED) is 0.884. The molecule has 5 heteroatoms. The molecule has 0 radical (unpaired) electrons. The Labute approximate surface area is 113 Å². The molecule has 0 saturated heterocycles. The fourth-order valence-electron chi connectivity index (χ4n) is 1.80. The van der Waals surface area contributed by atoms with E-state index in [-0.39, 0.29) is 6.61 Å². The summed E-state index contributed by atoms with van der Waals surface area (Å²) in [5.74, 6) is 0.656. The molecule has 0 bridgehead atoms. The number of nitrogens with zero attached hydrogens (tertiary/aromatic N) is 4. The van der Waals surface area contributed by atoms with Crippen molar-refractivity contribution in [3.8, 4) is 0 Å². The van der Waals surface area contributed by atoms with Crippen molar-refractivity contribution in [3.63, 3.8) is 0 Å². The predicted octanol–water partition coefficient (Wildman–Crippen LogP) is 1.70. The van der Waals surface area contributed by atoms with Crippen molar-refractivity contribution in [2.45, 2.75) is 27.0 Å². The van der Waals surface area contributed by atoms with Crippen molar-refractivity contribution >= 4 is 5.95 Å². The van der Waals surface area contributed by atoms with Gasteiger partial charge in [0.25, 0.3) is 0 Å². The van der Waals surface area contributed by atoms with Crippen LogP contribution in [0.3, 0.4) is 0 Å². The number of hydrogen-bond donors (Lipinski definition) is 1. The van der Waals surface area contributed by atoms with Crippen molar-refractivity contribution < 1.29 is 5.11 Å². The third kappa shape index (κ3) is 3.48. The zero-order valence-corrected chi connectivity index (χ0v) is 11.2. The van der Waals surface area contributed by atoms with Crippen LogP contribution in [-0.4, -0.2) is 26.6 Å². The van der Waals surface area contributed by atoms with Crippen LogP contribution in [-0.2, 0) is 13.2 Å². The molecule has 2 rings (SSSR count). The molecule has 2 aromatic heterocycles. The Hall–Kier alpha value is -2.01. The fraction of sp³-hybridized carbons (Fsp3) is 0.357. The van der Waals surface area contributed by atoms with E-state index in [9.17, 15) is 0 Å². The molecule has 0 saturated carbocycles. The summed E-state index contributed by atoms with van der Waals surface area (Å²) in [6.07, 6.45) is 3.29. The van der Waals surface area contributed by atoms with Gasteiger partial charge in [0.05, 0.1) is 18.8 Å². The Morgan fingerprint density at radius 1 is 1.21 bits per heavy atom. The summed E-state index contributed by atoms with van der Waals surface area (Å²) < 4.78 is 0. The highest BCUT2D eigenvalue weighted by Crippen LogP contribution is 2.11. The molecule has 0 atom stereocenters. The lowest BCUT2D eigenvalue weighted by atomic mass is 10.3. The van der Waals surface area contributed by atoms with Crippen molar-refractivity contribution in [1.82, 2.24) is 15.0 Å². The van der Waals surface area contributed by atoms with E-state index in [4.69, 9.17) is 5.11 Å². The second-order valence-electron chi connectivity index (χ2n) is 4.33. The first-order valence-electron chi connectivity index (χ1n) is 6.32. The summed E-state index contributed by atoms with van der Waals surface area (Å²) in [6, 6.07) is 5.98. The second kappa shape index (κ2) is 6.24. The van der Waals surface area contributed by atoms with Crippen LogP contribution < -0.4 is 4.90 Å². The van der Waals surface area contributed by atoms with E-state index in [1.54, 1.807) is 12.4 Å². The zero-order valence-electron chi connectivity index (χ0n) is 11.2. The Kier molecular flexibility index (Phi) is 4.41. The van der Waals surface area contributed by atoms with Gasteiger partial charge in [-0.25, -0.2) is 9.97 Å². The van der Waals surface area contributed by atoms with Gasteiger partial charge in [-0.05, 0) is 26.0 Å². The SMILES string of the molecule is CCN(Cc1cccc(C)n1)c1ncc(CO)cn1. The molecule has 100 valence electrons. The van der Waals surface area contributed by atoms with Gasteiger partial charge in [-0.2, -0.15) is 0 Å². The Morgan fingerprint density at radius 2 is 1.95 bits per heavy atom. The maximum Gasteiger partial charge on any atom is 0.225 e. The van der Waals surface area contributed by atoms with Crippen LogP contribution in [0.4, 0.5) is 5.95 Å². The van der Waals surface area contributed by atoms with Crippen LogP contribution in [0.25, 0.3) is 0 Å². The average Bonchev–Trinajstić information content (AvgIpc) is 2.45. The summed E-state index contributed by atoms with van der Waals surface area (Å²) in [7, 11) is 0. The van der Waals surface area contributed by atoms with Crippen LogP contribution in [0.15, 0.2) is 30.6 Å².